The largest absolute Gasteiger partial charge is 0.153 e. The first-order valence-electron chi connectivity index (χ1n) is 8.63. The molecule has 0 rings (SSSR count). The van der Waals surface area contributed by atoms with Gasteiger partial charge in [0.2, 0.25) is 0 Å². The second-order valence-corrected chi connectivity index (χ2v) is 9.55. The Balaban J connectivity index is 3.82. The van der Waals surface area contributed by atoms with E-state index in [-0.39, 0.29) is 0 Å². The fourth-order valence-corrected chi connectivity index (χ4v) is 4.09. The fraction of sp³-hybridized carbons (Fsp3) is 0.895. The molecule has 0 radical (unpaired) electrons. The molecule has 0 aliphatic carbocycles. The third-order valence-electron chi connectivity index (χ3n) is 3.91. The van der Waals surface area contributed by atoms with Crippen LogP contribution in [0.2, 0.25) is 0 Å². The number of rotatable bonds is 11. The Morgan fingerprint density at radius 1 is 1.05 bits per heavy atom. The van der Waals surface area contributed by atoms with E-state index in [2.05, 4.69) is 59.9 Å². The highest BCUT2D eigenvalue weighted by Crippen LogP contribution is 2.31. The van der Waals surface area contributed by atoms with Gasteiger partial charge in [0.25, 0.3) is 0 Å². The maximum absolute atomic E-state index is 4.30. The predicted molar refractivity (Wildman–Crippen MR) is 97.7 cm³/mol. The molecule has 0 aromatic carbocycles. The second-order valence-electron chi connectivity index (χ2n) is 7.28. The van der Waals surface area contributed by atoms with Gasteiger partial charge in [0, 0.05) is 10.00 Å². The zero-order chi connectivity index (χ0) is 15.6. The van der Waals surface area contributed by atoms with Gasteiger partial charge in [-0.1, -0.05) is 79.4 Å². The quantitative estimate of drug-likeness (QED) is 0.362. The van der Waals surface area contributed by atoms with Crippen LogP contribution in [-0.2, 0) is 0 Å². The molecule has 0 N–H and O–H groups in total. The first kappa shape index (κ1) is 20.1. The van der Waals surface area contributed by atoms with Gasteiger partial charge in [0.15, 0.2) is 0 Å². The molecule has 0 nitrogen and oxygen atoms in total. The maximum atomic E-state index is 4.30. The molecular formula is C19H38S. The molecule has 0 aliphatic rings. The van der Waals surface area contributed by atoms with Gasteiger partial charge in [-0.05, 0) is 31.6 Å². The van der Waals surface area contributed by atoms with Crippen LogP contribution in [0.5, 0.6) is 0 Å². The van der Waals surface area contributed by atoms with Crippen LogP contribution < -0.4 is 0 Å². The monoisotopic (exact) mass is 298 g/mol. The first-order valence-corrected chi connectivity index (χ1v) is 9.50. The van der Waals surface area contributed by atoms with Crippen LogP contribution in [0, 0.1) is 5.92 Å². The van der Waals surface area contributed by atoms with Gasteiger partial charge < -0.3 is 0 Å². The van der Waals surface area contributed by atoms with E-state index >= 15 is 0 Å². The predicted octanol–water partition coefficient (Wildman–Crippen LogP) is 7.24. The Morgan fingerprint density at radius 2 is 1.65 bits per heavy atom. The summed E-state index contributed by atoms with van der Waals surface area (Å²) in [5.41, 5.74) is 1.47. The summed E-state index contributed by atoms with van der Waals surface area (Å²) >= 11 is 2.10. The average molecular weight is 299 g/mol. The number of thioether (sulfide) groups is 1. The van der Waals surface area contributed by atoms with Crippen LogP contribution in [0.1, 0.15) is 92.9 Å². The van der Waals surface area contributed by atoms with E-state index in [0.717, 1.165) is 11.2 Å². The highest BCUT2D eigenvalue weighted by molar-refractivity contribution is 8.01. The minimum Gasteiger partial charge on any atom is -0.153 e. The van der Waals surface area contributed by atoms with E-state index in [1.54, 1.807) is 0 Å². The summed E-state index contributed by atoms with van der Waals surface area (Å²) in [5, 5.41) is 0.744. The van der Waals surface area contributed by atoms with Crippen molar-refractivity contribution in [2.24, 2.45) is 5.92 Å². The van der Waals surface area contributed by atoms with Gasteiger partial charge in [-0.2, -0.15) is 11.8 Å². The van der Waals surface area contributed by atoms with E-state index in [4.69, 9.17) is 0 Å². The summed E-state index contributed by atoms with van der Waals surface area (Å²) < 4.78 is 0.383. The standard InChI is InChI=1S/C19H38S/c1-8-10-11-18(9-2)15-13-16(3)12-14-17(4)20-19(5,6)7/h17-18H,3,8-15H2,1-2,4-7H3. The molecule has 2 unspecified atom stereocenters. The minimum absolute atomic E-state index is 0.383. The molecule has 120 valence electrons. The molecular weight excluding hydrogens is 260 g/mol. The summed E-state index contributed by atoms with van der Waals surface area (Å²) in [6, 6.07) is 0. The van der Waals surface area contributed by atoms with Crippen molar-refractivity contribution in [2.75, 3.05) is 0 Å². The van der Waals surface area contributed by atoms with Crippen LogP contribution in [0.3, 0.4) is 0 Å². The van der Waals surface area contributed by atoms with Crippen LogP contribution >= 0.6 is 11.8 Å². The Kier molecular flexibility index (Phi) is 10.8. The van der Waals surface area contributed by atoms with Gasteiger partial charge in [-0.3, -0.25) is 0 Å². The lowest BCUT2D eigenvalue weighted by Gasteiger charge is -2.23. The van der Waals surface area contributed by atoms with Gasteiger partial charge in [-0.15, -0.1) is 0 Å². The summed E-state index contributed by atoms with van der Waals surface area (Å²) in [6.07, 6.45) is 10.6. The number of allylic oxidation sites excluding steroid dienone is 1. The van der Waals surface area contributed by atoms with E-state index < -0.39 is 0 Å². The SMILES string of the molecule is C=C(CCC(CC)CCCC)CCC(C)SC(C)(C)C. The highest BCUT2D eigenvalue weighted by atomic mass is 32.2. The molecule has 1 heteroatoms. The Labute approximate surface area is 133 Å². The van der Waals surface area contributed by atoms with Crippen LogP contribution in [-0.4, -0.2) is 10.00 Å². The molecule has 0 fully saturated rings. The molecule has 0 bridgehead atoms. The first-order chi connectivity index (χ1) is 9.28. The normalized spacial score (nSPS) is 15.1. The fourth-order valence-electron chi connectivity index (χ4n) is 2.65. The Hall–Kier alpha value is 0.0900. The van der Waals surface area contributed by atoms with E-state index in [1.807, 2.05) is 0 Å². The van der Waals surface area contributed by atoms with Crippen molar-refractivity contribution >= 4 is 11.8 Å². The lowest BCUT2D eigenvalue weighted by atomic mass is 9.91. The highest BCUT2D eigenvalue weighted by Gasteiger charge is 2.15. The third kappa shape index (κ3) is 11.9. The zero-order valence-electron chi connectivity index (χ0n) is 14.9. The maximum Gasteiger partial charge on any atom is 0.00777 e. The number of hydrogen-bond acceptors (Lipinski definition) is 1. The molecule has 0 amide bonds. The van der Waals surface area contributed by atoms with Crippen molar-refractivity contribution in [1.82, 2.24) is 0 Å². The Bertz CT molecular complexity index is 249. The molecule has 0 aromatic heterocycles. The van der Waals surface area contributed by atoms with Gasteiger partial charge in [0.1, 0.15) is 0 Å². The molecule has 0 aromatic rings. The molecule has 20 heavy (non-hydrogen) atoms. The third-order valence-corrected chi connectivity index (χ3v) is 5.25. The number of unbranched alkanes of at least 4 members (excludes halogenated alkanes) is 1. The smallest absolute Gasteiger partial charge is 0.00777 e. The average Bonchev–Trinajstić information content (AvgIpc) is 2.34. The van der Waals surface area contributed by atoms with Crippen molar-refractivity contribution in [3.8, 4) is 0 Å². The summed E-state index contributed by atoms with van der Waals surface area (Å²) in [7, 11) is 0. The molecule has 0 aliphatic heterocycles. The molecule has 0 heterocycles. The summed E-state index contributed by atoms with van der Waals surface area (Å²) in [6.45, 7) is 18.2. The molecule has 0 spiro atoms. The lowest BCUT2D eigenvalue weighted by molar-refractivity contribution is 0.419. The van der Waals surface area contributed by atoms with Gasteiger partial charge in [0.05, 0.1) is 0 Å². The number of hydrogen-bond donors (Lipinski definition) is 0. The van der Waals surface area contributed by atoms with E-state index in [9.17, 15) is 0 Å². The Morgan fingerprint density at radius 3 is 2.15 bits per heavy atom. The summed E-state index contributed by atoms with van der Waals surface area (Å²) in [4.78, 5) is 0. The molecule has 0 saturated heterocycles. The van der Waals surface area contributed by atoms with Crippen molar-refractivity contribution < 1.29 is 0 Å². The van der Waals surface area contributed by atoms with Crippen molar-refractivity contribution in [1.29, 1.82) is 0 Å². The minimum atomic E-state index is 0.383. The van der Waals surface area contributed by atoms with Crippen LogP contribution in [0.25, 0.3) is 0 Å². The summed E-state index contributed by atoms with van der Waals surface area (Å²) in [5.74, 6) is 0.924. The topological polar surface area (TPSA) is 0 Å². The van der Waals surface area contributed by atoms with Gasteiger partial charge in [-0.25, -0.2) is 0 Å². The molecule has 0 saturated carbocycles. The second kappa shape index (κ2) is 10.8. The van der Waals surface area contributed by atoms with Crippen LogP contribution in [0.4, 0.5) is 0 Å². The van der Waals surface area contributed by atoms with Gasteiger partial charge >= 0.3 is 0 Å². The van der Waals surface area contributed by atoms with Crippen molar-refractivity contribution in [3.05, 3.63) is 12.2 Å². The van der Waals surface area contributed by atoms with Crippen molar-refractivity contribution in [2.45, 2.75) is 103 Å². The van der Waals surface area contributed by atoms with Crippen molar-refractivity contribution in [3.63, 3.8) is 0 Å². The van der Waals surface area contributed by atoms with Crippen LogP contribution in [0.15, 0.2) is 12.2 Å². The van der Waals surface area contributed by atoms with E-state index in [1.165, 1.54) is 56.9 Å². The zero-order valence-corrected chi connectivity index (χ0v) is 15.7. The van der Waals surface area contributed by atoms with E-state index in [0.29, 0.717) is 4.75 Å². The lowest BCUT2D eigenvalue weighted by Crippen LogP contribution is -2.13. The molecule has 2 atom stereocenters.